The number of benzene rings is 3. The molecule has 0 heterocycles. The van der Waals surface area contributed by atoms with Crippen molar-refractivity contribution in [2.45, 2.75) is 38.2 Å². The Balaban J connectivity index is 2.03. The normalized spacial score (nSPS) is 10.0. The molecule has 1 N–H and O–H groups in total. The van der Waals surface area contributed by atoms with Crippen LogP contribution in [0.4, 0.5) is 0 Å². The summed E-state index contributed by atoms with van der Waals surface area (Å²) in [4.78, 5) is 0. The van der Waals surface area contributed by atoms with E-state index in [0.29, 0.717) is 5.56 Å². The molecule has 0 unspecified atom stereocenters. The van der Waals surface area contributed by atoms with Gasteiger partial charge in [0.1, 0.15) is 0 Å². The van der Waals surface area contributed by atoms with Gasteiger partial charge in [0.15, 0.2) is 0 Å². The lowest BCUT2D eigenvalue weighted by molar-refractivity contribution is 0.164. The highest BCUT2D eigenvalue weighted by Gasteiger charge is 2.27. The Morgan fingerprint density at radius 3 is 1.81 bits per heavy atom. The standard InChI is InChI=1S/C30H26O/c1-2-3-4-5-12-19-28-20-13-14-21-29(28)30(31,24-22-26-15-8-6-9-16-26)25-23-27-17-10-7-11-18-27/h6-11,13-18,20-21,31H,2-5H2,1H3. The van der Waals surface area contributed by atoms with E-state index in [9.17, 15) is 5.11 Å². The Hall–Kier alpha value is -3.70. The zero-order valence-electron chi connectivity index (χ0n) is 17.9. The molecule has 1 heteroatoms. The first-order valence-electron chi connectivity index (χ1n) is 10.7. The molecule has 0 fully saturated rings. The summed E-state index contributed by atoms with van der Waals surface area (Å²) in [7, 11) is 0. The third kappa shape index (κ3) is 6.66. The highest BCUT2D eigenvalue weighted by Crippen LogP contribution is 2.24. The van der Waals surface area contributed by atoms with Crippen LogP contribution in [0.15, 0.2) is 84.9 Å². The lowest BCUT2D eigenvalue weighted by atomic mass is 9.90. The van der Waals surface area contributed by atoms with Crippen LogP contribution in [0.5, 0.6) is 0 Å². The summed E-state index contributed by atoms with van der Waals surface area (Å²) in [6.07, 6.45) is 4.26. The van der Waals surface area contributed by atoms with Gasteiger partial charge in [-0.2, -0.15) is 0 Å². The van der Waals surface area contributed by atoms with E-state index in [2.05, 4.69) is 42.4 Å². The summed E-state index contributed by atoms with van der Waals surface area (Å²) < 4.78 is 0. The lowest BCUT2D eigenvalue weighted by Crippen LogP contribution is -2.23. The first kappa shape index (κ1) is 22.0. The third-order valence-corrected chi connectivity index (χ3v) is 4.77. The van der Waals surface area contributed by atoms with Crippen LogP contribution in [0.3, 0.4) is 0 Å². The molecule has 0 aromatic heterocycles. The van der Waals surface area contributed by atoms with Gasteiger partial charge in [0.2, 0.25) is 5.60 Å². The molecule has 0 spiro atoms. The number of hydrogen-bond donors (Lipinski definition) is 1. The van der Waals surface area contributed by atoms with Gasteiger partial charge >= 0.3 is 0 Å². The Labute approximate surface area is 186 Å². The number of unbranched alkanes of at least 4 members (excludes halogenated alkanes) is 3. The molecule has 3 rings (SSSR count). The first-order chi connectivity index (χ1) is 15.2. The summed E-state index contributed by atoms with van der Waals surface area (Å²) in [6.45, 7) is 2.18. The van der Waals surface area contributed by atoms with E-state index in [4.69, 9.17) is 0 Å². The van der Waals surface area contributed by atoms with Crippen LogP contribution in [0, 0.1) is 35.5 Å². The maximum atomic E-state index is 11.6. The van der Waals surface area contributed by atoms with Gasteiger partial charge in [0.25, 0.3) is 0 Å². The average Bonchev–Trinajstić information content (AvgIpc) is 2.83. The number of aliphatic hydroxyl groups is 1. The lowest BCUT2D eigenvalue weighted by Gasteiger charge is -2.18. The zero-order chi connectivity index (χ0) is 21.8. The predicted molar refractivity (Wildman–Crippen MR) is 128 cm³/mol. The predicted octanol–water partition coefficient (Wildman–Crippen LogP) is 5.91. The second kappa shape index (κ2) is 11.5. The molecule has 0 aliphatic rings. The van der Waals surface area contributed by atoms with Crippen molar-refractivity contribution in [3.8, 4) is 35.5 Å². The highest BCUT2D eigenvalue weighted by atomic mass is 16.3. The van der Waals surface area contributed by atoms with E-state index in [1.807, 2.05) is 84.9 Å². The Morgan fingerprint density at radius 1 is 0.677 bits per heavy atom. The first-order valence-corrected chi connectivity index (χ1v) is 10.7. The minimum atomic E-state index is -1.64. The molecule has 3 aromatic carbocycles. The van der Waals surface area contributed by atoms with Gasteiger partial charge in [-0.3, -0.25) is 0 Å². The van der Waals surface area contributed by atoms with Crippen LogP contribution in [0.25, 0.3) is 0 Å². The van der Waals surface area contributed by atoms with E-state index in [1.165, 1.54) is 12.8 Å². The summed E-state index contributed by atoms with van der Waals surface area (Å²) in [5, 5.41) is 11.6. The zero-order valence-corrected chi connectivity index (χ0v) is 17.9. The average molecular weight is 403 g/mol. The molecule has 1 nitrogen and oxygen atoms in total. The van der Waals surface area contributed by atoms with E-state index < -0.39 is 5.60 Å². The molecule has 0 aliphatic heterocycles. The second-order valence-electron chi connectivity index (χ2n) is 7.25. The van der Waals surface area contributed by atoms with E-state index in [0.717, 1.165) is 29.5 Å². The van der Waals surface area contributed by atoms with Crippen molar-refractivity contribution in [2.24, 2.45) is 0 Å². The van der Waals surface area contributed by atoms with Crippen molar-refractivity contribution in [1.82, 2.24) is 0 Å². The van der Waals surface area contributed by atoms with Gasteiger partial charge in [0, 0.05) is 28.7 Å². The van der Waals surface area contributed by atoms with E-state index >= 15 is 0 Å². The van der Waals surface area contributed by atoms with E-state index in [1.54, 1.807) is 0 Å². The summed E-state index contributed by atoms with van der Waals surface area (Å²) in [5.41, 5.74) is 1.38. The quantitative estimate of drug-likeness (QED) is 0.425. The van der Waals surface area contributed by atoms with Crippen molar-refractivity contribution in [2.75, 3.05) is 0 Å². The molecule has 0 saturated heterocycles. The van der Waals surface area contributed by atoms with Crippen LogP contribution in [-0.4, -0.2) is 5.11 Å². The summed E-state index contributed by atoms with van der Waals surface area (Å²) in [6, 6.07) is 26.8. The third-order valence-electron chi connectivity index (χ3n) is 4.77. The molecule has 0 bridgehead atoms. The van der Waals surface area contributed by atoms with Gasteiger partial charge < -0.3 is 5.11 Å². The molecule has 31 heavy (non-hydrogen) atoms. The smallest absolute Gasteiger partial charge is 0.215 e. The fourth-order valence-electron chi connectivity index (χ4n) is 3.06. The molecule has 152 valence electrons. The molecule has 0 aliphatic carbocycles. The number of hydrogen-bond acceptors (Lipinski definition) is 1. The van der Waals surface area contributed by atoms with Crippen molar-refractivity contribution >= 4 is 0 Å². The van der Waals surface area contributed by atoms with Crippen LogP contribution < -0.4 is 0 Å². The second-order valence-corrected chi connectivity index (χ2v) is 7.25. The summed E-state index contributed by atoms with van der Waals surface area (Å²) in [5.74, 6) is 18.7. The van der Waals surface area contributed by atoms with Crippen molar-refractivity contribution in [3.63, 3.8) is 0 Å². The van der Waals surface area contributed by atoms with E-state index in [-0.39, 0.29) is 0 Å². The maximum absolute atomic E-state index is 11.6. The largest absolute Gasteiger partial charge is 0.363 e. The molecular weight excluding hydrogens is 376 g/mol. The Kier molecular flexibility index (Phi) is 8.14. The molecular formula is C30H26O. The van der Waals surface area contributed by atoms with Crippen molar-refractivity contribution in [3.05, 3.63) is 107 Å². The van der Waals surface area contributed by atoms with Crippen molar-refractivity contribution in [1.29, 1.82) is 0 Å². The Bertz CT molecular complexity index is 1100. The van der Waals surface area contributed by atoms with Gasteiger partial charge in [-0.1, -0.05) is 98.0 Å². The van der Waals surface area contributed by atoms with Crippen LogP contribution in [0.2, 0.25) is 0 Å². The fraction of sp³-hybridized carbons (Fsp3) is 0.200. The SMILES string of the molecule is CCCCCC#Cc1ccccc1C(O)(C#Cc1ccccc1)C#Cc1ccccc1. The minimum absolute atomic E-state index is 0.616. The van der Waals surface area contributed by atoms with Crippen LogP contribution in [0.1, 0.15) is 54.9 Å². The molecule has 3 aromatic rings. The fourth-order valence-corrected chi connectivity index (χ4v) is 3.06. The monoisotopic (exact) mass is 402 g/mol. The molecule has 0 radical (unpaired) electrons. The number of rotatable bonds is 4. The topological polar surface area (TPSA) is 20.2 Å². The molecule has 0 atom stereocenters. The van der Waals surface area contributed by atoms with Crippen LogP contribution in [-0.2, 0) is 5.60 Å². The van der Waals surface area contributed by atoms with Gasteiger partial charge in [-0.25, -0.2) is 0 Å². The van der Waals surface area contributed by atoms with Crippen LogP contribution >= 0.6 is 0 Å². The highest BCUT2D eigenvalue weighted by molar-refractivity contribution is 5.54. The minimum Gasteiger partial charge on any atom is -0.363 e. The molecule has 0 amide bonds. The van der Waals surface area contributed by atoms with Gasteiger partial charge in [0.05, 0.1) is 0 Å². The summed E-state index contributed by atoms with van der Waals surface area (Å²) >= 11 is 0. The van der Waals surface area contributed by atoms with Gasteiger partial charge in [-0.15, -0.1) is 0 Å². The Morgan fingerprint density at radius 2 is 1.23 bits per heavy atom. The van der Waals surface area contributed by atoms with Gasteiger partial charge in [-0.05, 0) is 48.6 Å². The maximum Gasteiger partial charge on any atom is 0.215 e. The van der Waals surface area contributed by atoms with Crippen molar-refractivity contribution < 1.29 is 5.11 Å². The molecule has 0 saturated carbocycles.